The van der Waals surface area contributed by atoms with Gasteiger partial charge in [-0.2, -0.15) is 5.10 Å². The van der Waals surface area contributed by atoms with Crippen molar-refractivity contribution in [2.75, 3.05) is 6.61 Å². The lowest BCUT2D eigenvalue weighted by Crippen LogP contribution is -2.41. The molecular formula is C15H28BBrN2O3Si. The van der Waals surface area contributed by atoms with Crippen molar-refractivity contribution in [2.24, 2.45) is 0 Å². The predicted octanol–water partition coefficient (Wildman–Crippen LogP) is 3.26. The summed E-state index contributed by atoms with van der Waals surface area (Å²) in [6.07, 6.45) is 1.77. The molecule has 1 aromatic rings. The fourth-order valence-electron chi connectivity index (χ4n) is 2.19. The molecule has 1 aliphatic heterocycles. The van der Waals surface area contributed by atoms with Crippen molar-refractivity contribution >= 4 is 36.7 Å². The smallest absolute Gasteiger partial charge is 0.398 e. The van der Waals surface area contributed by atoms with Crippen molar-refractivity contribution in [1.29, 1.82) is 0 Å². The van der Waals surface area contributed by atoms with Crippen LogP contribution in [-0.4, -0.2) is 42.8 Å². The first-order valence-corrected chi connectivity index (χ1v) is 12.6. The molecule has 5 nitrogen and oxygen atoms in total. The Hall–Kier alpha value is -0.148. The van der Waals surface area contributed by atoms with Gasteiger partial charge >= 0.3 is 7.12 Å². The summed E-state index contributed by atoms with van der Waals surface area (Å²) in [5.41, 5.74) is 0.132. The van der Waals surface area contributed by atoms with Crippen LogP contribution in [-0.2, 0) is 20.8 Å². The van der Waals surface area contributed by atoms with Crippen LogP contribution >= 0.6 is 15.9 Å². The van der Waals surface area contributed by atoms with Gasteiger partial charge in [0.1, 0.15) is 6.73 Å². The molecule has 2 rings (SSSR count). The number of hydrogen-bond donors (Lipinski definition) is 0. The van der Waals surface area contributed by atoms with Crippen molar-refractivity contribution in [3.63, 3.8) is 0 Å². The van der Waals surface area contributed by atoms with Gasteiger partial charge in [-0.25, -0.2) is 4.68 Å². The molecule has 8 heteroatoms. The first-order chi connectivity index (χ1) is 10.4. The van der Waals surface area contributed by atoms with Crippen LogP contribution in [0.15, 0.2) is 10.7 Å². The van der Waals surface area contributed by atoms with Crippen LogP contribution in [0.5, 0.6) is 0 Å². The predicted molar refractivity (Wildman–Crippen MR) is 99.7 cm³/mol. The highest BCUT2D eigenvalue weighted by Crippen LogP contribution is 2.36. The molecule has 130 valence electrons. The number of aromatic nitrogens is 2. The maximum Gasteiger partial charge on any atom is 0.515 e. The molecule has 0 aromatic carbocycles. The zero-order valence-corrected chi connectivity index (χ0v) is 17.9. The largest absolute Gasteiger partial charge is 0.515 e. The zero-order chi connectivity index (χ0) is 17.5. The molecule has 0 bridgehead atoms. The Balaban J connectivity index is 2.05. The lowest BCUT2D eigenvalue weighted by molar-refractivity contribution is 0.00578. The third-order valence-electron chi connectivity index (χ3n) is 4.52. The molecule has 0 radical (unpaired) electrons. The monoisotopic (exact) mass is 402 g/mol. The Kier molecular flexibility index (Phi) is 5.53. The second kappa shape index (κ2) is 6.63. The van der Waals surface area contributed by atoms with Crippen LogP contribution in [0, 0.1) is 0 Å². The zero-order valence-electron chi connectivity index (χ0n) is 15.3. The third kappa shape index (κ3) is 4.48. The number of halogens is 1. The summed E-state index contributed by atoms with van der Waals surface area (Å²) < 4.78 is 20.8. The molecule has 23 heavy (non-hydrogen) atoms. The van der Waals surface area contributed by atoms with Gasteiger partial charge in [0, 0.05) is 14.7 Å². The van der Waals surface area contributed by atoms with Crippen LogP contribution in [0.25, 0.3) is 0 Å². The van der Waals surface area contributed by atoms with E-state index < -0.39 is 15.2 Å². The summed E-state index contributed by atoms with van der Waals surface area (Å²) in [6.45, 7) is 16.4. The molecule has 0 atom stereocenters. The summed E-state index contributed by atoms with van der Waals surface area (Å²) in [7, 11) is -1.53. The highest BCUT2D eigenvalue weighted by molar-refractivity contribution is 9.10. The summed E-state index contributed by atoms with van der Waals surface area (Å²) >= 11 is 3.55. The van der Waals surface area contributed by atoms with Gasteiger partial charge in [0.25, 0.3) is 0 Å². The lowest BCUT2D eigenvalue weighted by atomic mass is 9.85. The molecule has 0 N–H and O–H groups in total. The highest BCUT2D eigenvalue weighted by Gasteiger charge is 2.53. The minimum atomic E-state index is -1.08. The second-order valence-corrected chi connectivity index (χ2v) is 14.8. The van der Waals surface area contributed by atoms with Gasteiger partial charge in [0.15, 0.2) is 0 Å². The third-order valence-corrected chi connectivity index (χ3v) is 6.83. The van der Waals surface area contributed by atoms with E-state index in [4.69, 9.17) is 14.0 Å². The van der Waals surface area contributed by atoms with Gasteiger partial charge in [0.2, 0.25) is 0 Å². The maximum atomic E-state index is 6.13. The average molecular weight is 403 g/mol. The molecule has 0 unspecified atom stereocenters. The Morgan fingerprint density at radius 2 is 1.78 bits per heavy atom. The average Bonchev–Trinajstić information content (AvgIpc) is 2.82. The molecule has 0 spiro atoms. The Morgan fingerprint density at radius 1 is 1.22 bits per heavy atom. The number of ether oxygens (including phenoxy) is 1. The number of nitrogens with zero attached hydrogens (tertiary/aromatic N) is 2. The lowest BCUT2D eigenvalue weighted by Gasteiger charge is -2.32. The standard InChI is InChI=1S/C15H28BBrN2O3Si/c1-14(2)15(3,4)22-16(21-14)13-12(17)10-18-19(13)11-20-8-9-23(5,6)7/h10H,8-9,11H2,1-7H3. The normalized spacial score (nSPS) is 20.3. The summed E-state index contributed by atoms with van der Waals surface area (Å²) in [5.74, 6) is 0. The van der Waals surface area contributed by atoms with Gasteiger partial charge in [-0.3, -0.25) is 0 Å². The molecule has 1 aliphatic rings. The van der Waals surface area contributed by atoms with Crippen LogP contribution in [0.2, 0.25) is 25.7 Å². The van der Waals surface area contributed by atoms with E-state index in [-0.39, 0.29) is 11.2 Å². The number of rotatable bonds is 6. The quantitative estimate of drug-likeness (QED) is 0.541. The fourth-order valence-corrected chi connectivity index (χ4v) is 3.43. The van der Waals surface area contributed by atoms with Crippen LogP contribution in [0.1, 0.15) is 27.7 Å². The molecular weight excluding hydrogens is 375 g/mol. The van der Waals surface area contributed by atoms with Crippen molar-refractivity contribution < 1.29 is 14.0 Å². The minimum absolute atomic E-state index is 0.370. The molecule has 0 amide bonds. The van der Waals surface area contributed by atoms with E-state index >= 15 is 0 Å². The highest BCUT2D eigenvalue weighted by atomic mass is 79.9. The van der Waals surface area contributed by atoms with E-state index in [2.05, 4.69) is 40.7 Å². The number of hydrogen-bond acceptors (Lipinski definition) is 4. The van der Waals surface area contributed by atoms with Crippen LogP contribution < -0.4 is 5.59 Å². The summed E-state index contributed by atoms with van der Waals surface area (Å²) in [4.78, 5) is 0. The van der Waals surface area contributed by atoms with Crippen molar-refractivity contribution in [3.8, 4) is 0 Å². The topological polar surface area (TPSA) is 45.5 Å². The molecule has 1 fully saturated rings. The molecule has 2 heterocycles. The van der Waals surface area contributed by atoms with Crippen molar-refractivity contribution in [3.05, 3.63) is 10.7 Å². The maximum absolute atomic E-state index is 6.13. The first-order valence-electron chi connectivity index (χ1n) is 8.07. The van der Waals surface area contributed by atoms with E-state index in [0.717, 1.165) is 22.7 Å². The Bertz CT molecular complexity index is 541. The fraction of sp³-hybridized carbons (Fsp3) is 0.800. The van der Waals surface area contributed by atoms with E-state index in [1.165, 1.54) is 0 Å². The van der Waals surface area contributed by atoms with Gasteiger partial charge in [-0.1, -0.05) is 19.6 Å². The molecule has 1 saturated heterocycles. The van der Waals surface area contributed by atoms with Gasteiger partial charge < -0.3 is 14.0 Å². The van der Waals surface area contributed by atoms with E-state index in [9.17, 15) is 0 Å². The van der Waals surface area contributed by atoms with Gasteiger partial charge in [-0.05, 0) is 49.7 Å². The van der Waals surface area contributed by atoms with E-state index in [0.29, 0.717) is 6.73 Å². The Morgan fingerprint density at radius 3 is 2.30 bits per heavy atom. The second-order valence-electron chi connectivity index (χ2n) is 8.31. The first kappa shape index (κ1) is 19.2. The van der Waals surface area contributed by atoms with Crippen LogP contribution in [0.4, 0.5) is 0 Å². The van der Waals surface area contributed by atoms with Crippen molar-refractivity contribution in [2.45, 2.75) is 71.3 Å². The van der Waals surface area contributed by atoms with Gasteiger partial charge in [0.05, 0.1) is 27.5 Å². The van der Waals surface area contributed by atoms with Gasteiger partial charge in [-0.15, -0.1) is 0 Å². The molecule has 0 aliphatic carbocycles. The Labute approximate surface area is 149 Å². The van der Waals surface area contributed by atoms with Crippen LogP contribution in [0.3, 0.4) is 0 Å². The molecule has 0 saturated carbocycles. The van der Waals surface area contributed by atoms with E-state index in [1.54, 1.807) is 6.20 Å². The summed E-state index contributed by atoms with van der Waals surface area (Å²) in [5, 5.41) is 4.39. The molecule has 1 aromatic heterocycles. The minimum Gasteiger partial charge on any atom is -0.398 e. The van der Waals surface area contributed by atoms with E-state index in [1.807, 2.05) is 32.4 Å². The SMILES string of the molecule is CC1(C)OB(c2c(Br)cnn2COCC[Si](C)(C)C)OC1(C)C. The van der Waals surface area contributed by atoms with Crippen molar-refractivity contribution in [1.82, 2.24) is 9.78 Å². The summed E-state index contributed by atoms with van der Waals surface area (Å²) in [6, 6.07) is 1.14.